The summed E-state index contributed by atoms with van der Waals surface area (Å²) in [7, 11) is 0. The molecule has 1 aromatic heterocycles. The van der Waals surface area contributed by atoms with Crippen LogP contribution in [0.25, 0.3) is 11.3 Å². The largest absolute Gasteiger partial charge is 0.573 e. The third-order valence-corrected chi connectivity index (χ3v) is 2.74. The van der Waals surface area contributed by atoms with Crippen molar-refractivity contribution in [2.75, 3.05) is 6.61 Å². The van der Waals surface area contributed by atoms with Crippen molar-refractivity contribution < 1.29 is 27.4 Å². The van der Waals surface area contributed by atoms with Gasteiger partial charge in [-0.1, -0.05) is 0 Å². The quantitative estimate of drug-likeness (QED) is 0.621. The van der Waals surface area contributed by atoms with Crippen LogP contribution in [0.1, 0.15) is 17.4 Å². The lowest BCUT2D eigenvalue weighted by molar-refractivity contribution is -0.274. The zero-order valence-corrected chi connectivity index (χ0v) is 12.5. The summed E-state index contributed by atoms with van der Waals surface area (Å²) in [5.74, 6) is -1.04. The number of esters is 1. The van der Waals surface area contributed by atoms with Crippen molar-refractivity contribution in [1.82, 2.24) is 9.97 Å². The Morgan fingerprint density at radius 2 is 1.87 bits per heavy atom. The van der Waals surface area contributed by atoms with Gasteiger partial charge in [-0.15, -0.1) is 13.2 Å². The number of ether oxygens (including phenoxy) is 2. The Hall–Kier alpha value is -2.35. The van der Waals surface area contributed by atoms with E-state index in [4.69, 9.17) is 16.3 Å². The van der Waals surface area contributed by atoms with Crippen LogP contribution in [0.5, 0.6) is 5.75 Å². The Balaban J connectivity index is 2.29. The topological polar surface area (TPSA) is 61.3 Å². The van der Waals surface area contributed by atoms with E-state index in [1.165, 1.54) is 18.2 Å². The number of hydrogen-bond acceptors (Lipinski definition) is 5. The van der Waals surface area contributed by atoms with Crippen LogP contribution >= 0.6 is 11.6 Å². The minimum absolute atomic E-state index is 0.0440. The van der Waals surface area contributed by atoms with Crippen LogP contribution in [0.3, 0.4) is 0 Å². The Morgan fingerprint density at radius 1 is 1.22 bits per heavy atom. The molecule has 1 heterocycles. The van der Waals surface area contributed by atoms with Crippen LogP contribution in [0.4, 0.5) is 13.2 Å². The van der Waals surface area contributed by atoms with Crippen molar-refractivity contribution in [3.05, 3.63) is 41.3 Å². The van der Waals surface area contributed by atoms with Gasteiger partial charge in [0, 0.05) is 5.56 Å². The molecule has 0 bridgehead atoms. The highest BCUT2D eigenvalue weighted by Crippen LogP contribution is 2.26. The molecule has 122 valence electrons. The molecule has 0 radical (unpaired) electrons. The van der Waals surface area contributed by atoms with Crippen molar-refractivity contribution >= 4 is 17.6 Å². The first-order chi connectivity index (χ1) is 10.8. The number of nitrogens with zero attached hydrogens (tertiary/aromatic N) is 2. The van der Waals surface area contributed by atoms with Crippen LogP contribution < -0.4 is 4.74 Å². The average Bonchev–Trinajstić information content (AvgIpc) is 2.46. The number of halogens is 4. The molecule has 0 saturated carbocycles. The van der Waals surface area contributed by atoms with Crippen LogP contribution in [0, 0.1) is 0 Å². The van der Waals surface area contributed by atoms with E-state index in [9.17, 15) is 18.0 Å². The monoisotopic (exact) mass is 346 g/mol. The zero-order chi connectivity index (χ0) is 17.0. The molecule has 0 amide bonds. The van der Waals surface area contributed by atoms with E-state index in [0.717, 1.165) is 12.1 Å². The molecule has 2 aromatic rings. The van der Waals surface area contributed by atoms with Crippen LogP contribution in [-0.4, -0.2) is 28.9 Å². The third kappa shape index (κ3) is 4.82. The Morgan fingerprint density at radius 3 is 2.43 bits per heavy atom. The summed E-state index contributed by atoms with van der Waals surface area (Å²) in [5, 5.41) is -0.179. The van der Waals surface area contributed by atoms with E-state index >= 15 is 0 Å². The van der Waals surface area contributed by atoms with Crippen molar-refractivity contribution in [3.8, 4) is 17.0 Å². The second-order valence-electron chi connectivity index (χ2n) is 4.20. The molecule has 0 spiro atoms. The first-order valence-electron chi connectivity index (χ1n) is 6.36. The van der Waals surface area contributed by atoms with Crippen molar-refractivity contribution in [1.29, 1.82) is 0 Å². The van der Waals surface area contributed by atoms with Gasteiger partial charge in [-0.25, -0.2) is 14.8 Å². The highest BCUT2D eigenvalue weighted by molar-refractivity contribution is 6.28. The fourth-order valence-corrected chi connectivity index (χ4v) is 1.88. The molecular formula is C14H10ClF3N2O3. The summed E-state index contributed by atoms with van der Waals surface area (Å²) in [4.78, 5) is 19.4. The third-order valence-electron chi connectivity index (χ3n) is 2.57. The van der Waals surface area contributed by atoms with E-state index in [1.807, 2.05) is 0 Å². The molecular weight excluding hydrogens is 337 g/mol. The minimum atomic E-state index is -4.77. The van der Waals surface area contributed by atoms with E-state index < -0.39 is 12.3 Å². The number of benzene rings is 1. The molecule has 23 heavy (non-hydrogen) atoms. The molecule has 2 rings (SSSR count). The summed E-state index contributed by atoms with van der Waals surface area (Å²) in [5.41, 5.74) is 0.665. The molecule has 0 aliphatic rings. The van der Waals surface area contributed by atoms with E-state index in [0.29, 0.717) is 5.56 Å². The second kappa shape index (κ2) is 6.82. The van der Waals surface area contributed by atoms with Gasteiger partial charge in [0.2, 0.25) is 5.28 Å². The molecule has 0 N–H and O–H groups in total. The van der Waals surface area contributed by atoms with E-state index in [1.54, 1.807) is 6.92 Å². The average molecular weight is 347 g/mol. The SMILES string of the molecule is CCOC(=O)c1cc(-c2ccc(OC(F)(F)F)cc2)nc(Cl)n1. The maximum Gasteiger partial charge on any atom is 0.573 e. The van der Waals surface area contributed by atoms with Gasteiger partial charge in [-0.05, 0) is 48.9 Å². The lowest BCUT2D eigenvalue weighted by Crippen LogP contribution is -2.16. The molecule has 5 nitrogen and oxygen atoms in total. The highest BCUT2D eigenvalue weighted by atomic mass is 35.5. The molecule has 0 unspecified atom stereocenters. The second-order valence-corrected chi connectivity index (χ2v) is 4.54. The number of carbonyl (C=O) groups excluding carboxylic acids is 1. The molecule has 0 saturated heterocycles. The van der Waals surface area contributed by atoms with Gasteiger partial charge in [0.15, 0.2) is 5.69 Å². The van der Waals surface area contributed by atoms with Crippen molar-refractivity contribution in [2.45, 2.75) is 13.3 Å². The Kier molecular flexibility index (Phi) is 5.05. The number of hydrogen-bond donors (Lipinski definition) is 0. The maximum absolute atomic E-state index is 12.1. The number of alkyl halides is 3. The fourth-order valence-electron chi connectivity index (χ4n) is 1.70. The van der Waals surface area contributed by atoms with Gasteiger partial charge in [-0.2, -0.15) is 0 Å². The van der Waals surface area contributed by atoms with Crippen LogP contribution in [0.2, 0.25) is 5.28 Å². The van der Waals surface area contributed by atoms with E-state index in [-0.39, 0.29) is 29.0 Å². The molecule has 0 fully saturated rings. The molecule has 9 heteroatoms. The predicted octanol–water partition coefficient (Wildman–Crippen LogP) is 3.87. The Labute approximate surface area is 134 Å². The van der Waals surface area contributed by atoms with Crippen molar-refractivity contribution in [3.63, 3.8) is 0 Å². The summed E-state index contributed by atoms with van der Waals surface area (Å²) in [6.07, 6.45) is -4.77. The minimum Gasteiger partial charge on any atom is -0.461 e. The van der Waals surface area contributed by atoms with Gasteiger partial charge in [0.1, 0.15) is 5.75 Å². The first kappa shape index (κ1) is 17.0. The Bertz CT molecular complexity index is 705. The zero-order valence-electron chi connectivity index (χ0n) is 11.7. The number of carbonyl (C=O) groups is 1. The van der Waals surface area contributed by atoms with Gasteiger partial charge in [0.05, 0.1) is 12.3 Å². The summed E-state index contributed by atoms with van der Waals surface area (Å²) < 4.78 is 45.0. The number of aromatic nitrogens is 2. The first-order valence-corrected chi connectivity index (χ1v) is 6.74. The summed E-state index contributed by atoms with van der Waals surface area (Å²) >= 11 is 5.76. The fraction of sp³-hybridized carbons (Fsp3) is 0.214. The number of rotatable bonds is 4. The molecule has 0 aliphatic carbocycles. The van der Waals surface area contributed by atoms with Gasteiger partial charge in [-0.3, -0.25) is 0 Å². The standard InChI is InChI=1S/C14H10ClF3N2O3/c1-2-22-12(21)11-7-10(19-13(15)20-11)8-3-5-9(6-4-8)23-14(16,17)18/h3-7H,2H2,1H3. The van der Waals surface area contributed by atoms with E-state index in [2.05, 4.69) is 14.7 Å². The van der Waals surface area contributed by atoms with Gasteiger partial charge in [0.25, 0.3) is 0 Å². The maximum atomic E-state index is 12.1. The van der Waals surface area contributed by atoms with Gasteiger partial charge >= 0.3 is 12.3 Å². The molecule has 0 aliphatic heterocycles. The lowest BCUT2D eigenvalue weighted by atomic mass is 10.1. The normalized spacial score (nSPS) is 11.2. The molecule has 1 aromatic carbocycles. The van der Waals surface area contributed by atoms with Gasteiger partial charge < -0.3 is 9.47 Å². The predicted molar refractivity (Wildman–Crippen MR) is 75.1 cm³/mol. The van der Waals surface area contributed by atoms with Crippen LogP contribution in [0.15, 0.2) is 30.3 Å². The van der Waals surface area contributed by atoms with Crippen LogP contribution in [-0.2, 0) is 4.74 Å². The smallest absolute Gasteiger partial charge is 0.461 e. The molecule has 0 atom stereocenters. The highest BCUT2D eigenvalue weighted by Gasteiger charge is 2.31. The van der Waals surface area contributed by atoms with Crippen molar-refractivity contribution in [2.24, 2.45) is 0 Å². The summed E-state index contributed by atoms with van der Waals surface area (Å²) in [6.45, 7) is 1.81. The lowest BCUT2D eigenvalue weighted by Gasteiger charge is -2.09. The summed E-state index contributed by atoms with van der Waals surface area (Å²) in [6, 6.07) is 6.30.